The molecule has 4 nitrogen and oxygen atoms in total. The number of aromatic nitrogens is 1. The molecule has 1 fully saturated rings. The molecule has 3 rings (SSSR count). The summed E-state index contributed by atoms with van der Waals surface area (Å²) in [4.78, 5) is 8.73. The van der Waals surface area contributed by atoms with Gasteiger partial charge in [0.05, 0.1) is 6.10 Å². The molecule has 2 aromatic rings. The van der Waals surface area contributed by atoms with Crippen LogP contribution < -0.4 is 4.90 Å². The van der Waals surface area contributed by atoms with E-state index in [1.807, 2.05) is 11.6 Å². The van der Waals surface area contributed by atoms with Crippen molar-refractivity contribution >= 4 is 16.5 Å². The van der Waals surface area contributed by atoms with Gasteiger partial charge in [-0.15, -0.1) is 11.3 Å². The summed E-state index contributed by atoms with van der Waals surface area (Å²) in [6.45, 7) is 3.94. The number of halogens is 1. The van der Waals surface area contributed by atoms with Gasteiger partial charge in [-0.3, -0.25) is 4.90 Å². The summed E-state index contributed by atoms with van der Waals surface area (Å²) < 4.78 is 13.6. The van der Waals surface area contributed by atoms with Crippen LogP contribution in [0, 0.1) is 5.82 Å². The largest absolute Gasteiger partial charge is 0.387 e. The van der Waals surface area contributed by atoms with Gasteiger partial charge < -0.3 is 10.0 Å². The van der Waals surface area contributed by atoms with Gasteiger partial charge in [0.25, 0.3) is 0 Å². The first-order valence-electron chi connectivity index (χ1n) is 7.03. The van der Waals surface area contributed by atoms with Gasteiger partial charge in [0.2, 0.25) is 0 Å². The van der Waals surface area contributed by atoms with E-state index in [9.17, 15) is 9.50 Å². The number of nitrogens with zero attached hydrogens (tertiary/aromatic N) is 3. The molecule has 2 heterocycles. The van der Waals surface area contributed by atoms with Gasteiger partial charge in [0.1, 0.15) is 5.82 Å². The fourth-order valence-electron chi connectivity index (χ4n) is 2.58. The molecule has 0 saturated carbocycles. The number of aliphatic hydroxyl groups is 1. The molecular formula is C15H18FN3OS. The fraction of sp³-hybridized carbons (Fsp3) is 0.400. The highest BCUT2D eigenvalue weighted by Gasteiger charge is 2.22. The first kappa shape index (κ1) is 14.4. The lowest BCUT2D eigenvalue weighted by molar-refractivity contribution is 0.106. The van der Waals surface area contributed by atoms with E-state index in [1.165, 1.54) is 6.07 Å². The van der Waals surface area contributed by atoms with Crippen molar-refractivity contribution in [3.8, 4) is 0 Å². The van der Waals surface area contributed by atoms with Gasteiger partial charge in [-0.05, 0) is 6.07 Å². The summed E-state index contributed by atoms with van der Waals surface area (Å²) in [6.07, 6.45) is 1.03. The summed E-state index contributed by atoms with van der Waals surface area (Å²) in [6, 6.07) is 6.42. The summed E-state index contributed by atoms with van der Waals surface area (Å²) in [7, 11) is 0. The van der Waals surface area contributed by atoms with E-state index in [4.69, 9.17) is 0 Å². The summed E-state index contributed by atoms with van der Waals surface area (Å²) in [5.41, 5.74) is 0.375. The van der Waals surface area contributed by atoms with Crippen molar-refractivity contribution in [2.24, 2.45) is 0 Å². The lowest BCUT2D eigenvalue weighted by Crippen LogP contribution is -2.47. The van der Waals surface area contributed by atoms with Crippen LogP contribution in [0.15, 0.2) is 35.8 Å². The van der Waals surface area contributed by atoms with Gasteiger partial charge in [0.15, 0.2) is 5.13 Å². The van der Waals surface area contributed by atoms with Crippen molar-refractivity contribution in [3.63, 3.8) is 0 Å². The number of β-amino-alcohol motifs (C(OH)–C–C–N with tert-alkyl or cyclic N) is 1. The number of aliphatic hydroxyl groups excluding tert-OH is 1. The van der Waals surface area contributed by atoms with E-state index in [1.54, 1.807) is 29.5 Å². The average Bonchev–Trinajstić information content (AvgIpc) is 3.02. The first-order chi connectivity index (χ1) is 10.2. The second-order valence-electron chi connectivity index (χ2n) is 5.14. The molecule has 6 heteroatoms. The highest BCUT2D eigenvalue weighted by atomic mass is 32.1. The predicted octanol–water partition coefficient (Wildman–Crippen LogP) is 2.14. The number of thiazole rings is 1. The lowest BCUT2D eigenvalue weighted by atomic mass is 10.1. The molecule has 1 aromatic heterocycles. The molecule has 0 radical (unpaired) electrons. The summed E-state index contributed by atoms with van der Waals surface area (Å²) >= 11 is 1.64. The molecule has 1 aliphatic heterocycles. The van der Waals surface area contributed by atoms with E-state index in [-0.39, 0.29) is 5.82 Å². The number of hydrogen-bond acceptors (Lipinski definition) is 5. The zero-order valence-electron chi connectivity index (χ0n) is 11.7. The summed E-state index contributed by atoms with van der Waals surface area (Å²) in [5.74, 6) is -0.341. The predicted molar refractivity (Wildman–Crippen MR) is 82.1 cm³/mol. The zero-order chi connectivity index (χ0) is 14.7. The minimum atomic E-state index is -0.780. The van der Waals surface area contributed by atoms with E-state index < -0.39 is 6.10 Å². The van der Waals surface area contributed by atoms with Gasteiger partial charge in [0, 0.05) is 49.9 Å². The molecule has 1 N–H and O–H groups in total. The molecule has 1 atom stereocenters. The maximum Gasteiger partial charge on any atom is 0.185 e. The normalized spacial score (nSPS) is 17.9. The van der Waals surface area contributed by atoms with E-state index in [0.29, 0.717) is 12.1 Å². The third-order valence-corrected chi connectivity index (χ3v) is 4.59. The molecule has 1 unspecified atom stereocenters. The highest BCUT2D eigenvalue weighted by Crippen LogP contribution is 2.21. The van der Waals surface area contributed by atoms with E-state index in [0.717, 1.165) is 31.3 Å². The van der Waals surface area contributed by atoms with Gasteiger partial charge in [-0.25, -0.2) is 9.37 Å². The number of rotatable bonds is 4. The molecule has 0 amide bonds. The molecule has 0 bridgehead atoms. The molecule has 21 heavy (non-hydrogen) atoms. The Morgan fingerprint density at radius 3 is 2.67 bits per heavy atom. The van der Waals surface area contributed by atoms with Crippen LogP contribution in [0.3, 0.4) is 0 Å². The van der Waals surface area contributed by atoms with Gasteiger partial charge in [-0.1, -0.05) is 18.2 Å². The van der Waals surface area contributed by atoms with Crippen molar-refractivity contribution in [1.82, 2.24) is 9.88 Å². The van der Waals surface area contributed by atoms with Crippen molar-refractivity contribution in [3.05, 3.63) is 47.2 Å². The van der Waals surface area contributed by atoms with Crippen LogP contribution in [-0.4, -0.2) is 47.7 Å². The quantitative estimate of drug-likeness (QED) is 0.939. The number of piperazine rings is 1. The van der Waals surface area contributed by atoms with Crippen molar-refractivity contribution < 1.29 is 9.50 Å². The second kappa shape index (κ2) is 6.51. The third-order valence-electron chi connectivity index (χ3n) is 3.76. The Kier molecular flexibility index (Phi) is 4.48. The molecule has 0 aliphatic carbocycles. The SMILES string of the molecule is OC(CN1CCN(c2nccs2)CC1)c1ccccc1F. The minimum Gasteiger partial charge on any atom is -0.387 e. The molecular weight excluding hydrogens is 289 g/mol. The molecule has 1 saturated heterocycles. The second-order valence-corrected chi connectivity index (χ2v) is 6.01. The van der Waals surface area contributed by atoms with Crippen LogP contribution in [-0.2, 0) is 0 Å². The maximum absolute atomic E-state index is 13.6. The van der Waals surface area contributed by atoms with Gasteiger partial charge >= 0.3 is 0 Å². The Morgan fingerprint density at radius 2 is 2.00 bits per heavy atom. The summed E-state index contributed by atoms with van der Waals surface area (Å²) in [5, 5.41) is 13.2. The molecule has 0 spiro atoms. The van der Waals surface area contributed by atoms with Crippen LogP contribution in [0.5, 0.6) is 0 Å². The smallest absolute Gasteiger partial charge is 0.185 e. The Labute approximate surface area is 127 Å². The number of benzene rings is 1. The topological polar surface area (TPSA) is 39.6 Å². The van der Waals surface area contributed by atoms with Gasteiger partial charge in [-0.2, -0.15) is 0 Å². The van der Waals surface area contributed by atoms with Crippen LogP contribution in [0.4, 0.5) is 9.52 Å². The standard InChI is InChI=1S/C15H18FN3OS/c16-13-4-2-1-3-12(13)14(20)11-18-6-8-19(9-7-18)15-17-5-10-21-15/h1-5,10,14,20H,6-9,11H2. The zero-order valence-corrected chi connectivity index (χ0v) is 12.5. The monoisotopic (exact) mass is 307 g/mol. The van der Waals surface area contributed by atoms with Crippen LogP contribution in [0.2, 0.25) is 0 Å². The van der Waals surface area contributed by atoms with Crippen molar-refractivity contribution in [2.75, 3.05) is 37.6 Å². The Morgan fingerprint density at radius 1 is 1.24 bits per heavy atom. The van der Waals surface area contributed by atoms with Crippen LogP contribution >= 0.6 is 11.3 Å². The van der Waals surface area contributed by atoms with Crippen molar-refractivity contribution in [1.29, 1.82) is 0 Å². The average molecular weight is 307 g/mol. The Bertz CT molecular complexity index is 570. The lowest BCUT2D eigenvalue weighted by Gasteiger charge is -2.35. The Hall–Kier alpha value is -1.50. The fourth-order valence-corrected chi connectivity index (χ4v) is 3.28. The molecule has 1 aliphatic rings. The maximum atomic E-state index is 13.6. The van der Waals surface area contributed by atoms with Crippen LogP contribution in [0.1, 0.15) is 11.7 Å². The third kappa shape index (κ3) is 3.40. The van der Waals surface area contributed by atoms with E-state index in [2.05, 4.69) is 14.8 Å². The number of anilines is 1. The number of hydrogen-bond donors (Lipinski definition) is 1. The first-order valence-corrected chi connectivity index (χ1v) is 7.91. The molecule has 112 valence electrons. The van der Waals surface area contributed by atoms with Crippen LogP contribution in [0.25, 0.3) is 0 Å². The Balaban J connectivity index is 1.55. The van der Waals surface area contributed by atoms with Crippen molar-refractivity contribution in [2.45, 2.75) is 6.10 Å². The molecule has 1 aromatic carbocycles. The minimum absolute atomic E-state index is 0.341. The van der Waals surface area contributed by atoms with E-state index >= 15 is 0 Å². The highest BCUT2D eigenvalue weighted by molar-refractivity contribution is 7.13.